The van der Waals surface area contributed by atoms with Crippen molar-refractivity contribution in [3.05, 3.63) is 23.8 Å². The van der Waals surface area contributed by atoms with Crippen molar-refractivity contribution >= 4 is 12.0 Å². The third-order valence-electron chi connectivity index (χ3n) is 2.86. The summed E-state index contributed by atoms with van der Waals surface area (Å²) in [4.78, 5) is 23.3. The summed E-state index contributed by atoms with van der Waals surface area (Å²) >= 11 is 0. The van der Waals surface area contributed by atoms with Gasteiger partial charge >= 0.3 is 6.09 Å². The molecule has 7 nitrogen and oxygen atoms in total. The molecule has 0 spiro atoms. The van der Waals surface area contributed by atoms with Gasteiger partial charge in [-0.1, -0.05) is 13.8 Å². The number of rotatable bonds is 6. The summed E-state index contributed by atoms with van der Waals surface area (Å²) in [5.41, 5.74) is 0.478. The molecule has 1 aromatic rings. The molecule has 120 valence electrons. The van der Waals surface area contributed by atoms with Crippen LogP contribution in [0.1, 0.15) is 24.2 Å². The van der Waals surface area contributed by atoms with Crippen LogP contribution in [0.3, 0.4) is 0 Å². The van der Waals surface area contributed by atoms with Gasteiger partial charge in [-0.15, -0.1) is 0 Å². The zero-order valence-corrected chi connectivity index (χ0v) is 12.7. The number of carbonyl (C=O) groups is 2. The molecular weight excluding hydrogens is 288 g/mol. The van der Waals surface area contributed by atoms with E-state index in [1.165, 1.54) is 0 Å². The Hall–Kier alpha value is -2.44. The third-order valence-corrected chi connectivity index (χ3v) is 2.86. The van der Waals surface area contributed by atoms with Gasteiger partial charge in [0.1, 0.15) is 0 Å². The summed E-state index contributed by atoms with van der Waals surface area (Å²) in [6, 6.07) is 4.98. The third kappa shape index (κ3) is 4.54. The molecule has 0 unspecified atom stereocenters. The molecule has 22 heavy (non-hydrogen) atoms. The highest BCUT2D eigenvalue weighted by Crippen LogP contribution is 2.32. The average molecular weight is 308 g/mol. The predicted octanol–water partition coefficient (Wildman–Crippen LogP) is 1.53. The van der Waals surface area contributed by atoms with Gasteiger partial charge in [0.2, 0.25) is 6.79 Å². The first-order valence-electron chi connectivity index (χ1n) is 7.14. The lowest BCUT2D eigenvalue weighted by molar-refractivity contribution is 0.0951. The van der Waals surface area contributed by atoms with Gasteiger partial charge in [0.15, 0.2) is 11.5 Å². The van der Waals surface area contributed by atoms with Gasteiger partial charge in [-0.3, -0.25) is 4.79 Å². The molecule has 0 atom stereocenters. The van der Waals surface area contributed by atoms with Crippen LogP contribution < -0.4 is 20.1 Å². The molecule has 1 aliphatic heterocycles. The molecule has 0 saturated carbocycles. The maximum Gasteiger partial charge on any atom is 0.407 e. The van der Waals surface area contributed by atoms with Crippen molar-refractivity contribution in [1.82, 2.24) is 10.6 Å². The maximum absolute atomic E-state index is 12.0. The number of amides is 2. The zero-order valence-electron chi connectivity index (χ0n) is 12.7. The fourth-order valence-corrected chi connectivity index (χ4v) is 1.77. The van der Waals surface area contributed by atoms with Crippen LogP contribution in [-0.4, -0.2) is 38.5 Å². The van der Waals surface area contributed by atoms with E-state index >= 15 is 0 Å². The summed E-state index contributed by atoms with van der Waals surface area (Å²) in [5, 5.41) is 5.27. The molecule has 0 radical (unpaired) electrons. The average Bonchev–Trinajstić information content (AvgIpc) is 2.96. The number of ether oxygens (including phenoxy) is 3. The summed E-state index contributed by atoms with van der Waals surface area (Å²) in [6.45, 7) is 5.06. The molecule has 1 heterocycles. The molecule has 2 N–H and O–H groups in total. The zero-order chi connectivity index (χ0) is 15.9. The van der Waals surface area contributed by atoms with Crippen molar-refractivity contribution in [2.45, 2.75) is 13.8 Å². The summed E-state index contributed by atoms with van der Waals surface area (Å²) in [7, 11) is 0. The lowest BCUT2D eigenvalue weighted by Gasteiger charge is -2.09. The van der Waals surface area contributed by atoms with E-state index in [-0.39, 0.29) is 18.6 Å². The Morgan fingerprint density at radius 1 is 1.18 bits per heavy atom. The standard InChI is InChI=1S/C15H20N2O5/c1-10(2)8-20-15(19)17-6-5-16-14(18)11-3-4-12-13(7-11)22-9-21-12/h3-4,7,10H,5-6,8-9H2,1-2H3,(H,16,18)(H,17,19). The van der Waals surface area contributed by atoms with Crippen LogP contribution in [-0.2, 0) is 4.74 Å². The fraction of sp³-hybridized carbons (Fsp3) is 0.467. The van der Waals surface area contributed by atoms with Gasteiger partial charge in [0.05, 0.1) is 6.61 Å². The van der Waals surface area contributed by atoms with Crippen LogP contribution >= 0.6 is 0 Å². The van der Waals surface area contributed by atoms with E-state index in [0.29, 0.717) is 36.8 Å². The SMILES string of the molecule is CC(C)COC(=O)NCCNC(=O)c1ccc2c(c1)OCO2. The number of hydrogen-bond acceptors (Lipinski definition) is 5. The van der Waals surface area contributed by atoms with Crippen molar-refractivity contribution in [2.75, 3.05) is 26.5 Å². The second-order valence-corrected chi connectivity index (χ2v) is 5.24. The second kappa shape index (κ2) is 7.53. The first kappa shape index (κ1) is 15.9. The van der Waals surface area contributed by atoms with E-state index in [1.54, 1.807) is 18.2 Å². The lowest BCUT2D eigenvalue weighted by Crippen LogP contribution is -2.35. The topological polar surface area (TPSA) is 85.9 Å². The molecule has 1 aromatic carbocycles. The Labute approximate surface area is 128 Å². The molecule has 2 rings (SSSR count). The number of alkyl carbamates (subject to hydrolysis) is 1. The van der Waals surface area contributed by atoms with E-state index < -0.39 is 6.09 Å². The van der Waals surface area contributed by atoms with Crippen LogP contribution in [0.4, 0.5) is 4.79 Å². The molecule has 0 bridgehead atoms. The van der Waals surface area contributed by atoms with Crippen LogP contribution in [0.15, 0.2) is 18.2 Å². The second-order valence-electron chi connectivity index (χ2n) is 5.24. The smallest absolute Gasteiger partial charge is 0.407 e. The van der Waals surface area contributed by atoms with Crippen LogP contribution in [0, 0.1) is 5.92 Å². The molecule has 2 amide bonds. The van der Waals surface area contributed by atoms with Gasteiger partial charge in [-0.25, -0.2) is 4.79 Å². The quantitative estimate of drug-likeness (QED) is 0.778. The first-order chi connectivity index (χ1) is 10.6. The number of benzene rings is 1. The monoisotopic (exact) mass is 308 g/mol. The van der Waals surface area contributed by atoms with Crippen molar-refractivity contribution in [3.8, 4) is 11.5 Å². The van der Waals surface area contributed by atoms with Crippen molar-refractivity contribution in [2.24, 2.45) is 5.92 Å². The minimum atomic E-state index is -0.481. The van der Waals surface area contributed by atoms with Crippen LogP contribution in [0.25, 0.3) is 0 Å². The number of nitrogens with one attached hydrogen (secondary N) is 2. The van der Waals surface area contributed by atoms with Gasteiger partial charge in [0.25, 0.3) is 5.91 Å². The summed E-state index contributed by atoms with van der Waals surface area (Å²) in [5.74, 6) is 1.24. The Morgan fingerprint density at radius 2 is 1.91 bits per heavy atom. The Kier molecular flexibility index (Phi) is 5.46. The normalized spacial score (nSPS) is 12.1. The van der Waals surface area contributed by atoms with E-state index in [1.807, 2.05) is 13.8 Å². The highest BCUT2D eigenvalue weighted by molar-refractivity contribution is 5.94. The van der Waals surface area contributed by atoms with E-state index in [4.69, 9.17) is 14.2 Å². The molecule has 0 fully saturated rings. The molecule has 0 aliphatic carbocycles. The van der Waals surface area contributed by atoms with Crippen molar-refractivity contribution in [3.63, 3.8) is 0 Å². The van der Waals surface area contributed by atoms with E-state index in [2.05, 4.69) is 10.6 Å². The summed E-state index contributed by atoms with van der Waals surface area (Å²) in [6.07, 6.45) is -0.481. The van der Waals surface area contributed by atoms with E-state index in [9.17, 15) is 9.59 Å². The Balaban J connectivity index is 1.69. The fourth-order valence-electron chi connectivity index (χ4n) is 1.77. The van der Waals surface area contributed by atoms with E-state index in [0.717, 1.165) is 0 Å². The molecule has 0 aromatic heterocycles. The molecule has 7 heteroatoms. The predicted molar refractivity (Wildman–Crippen MR) is 79.1 cm³/mol. The maximum atomic E-state index is 12.0. The van der Waals surface area contributed by atoms with Crippen LogP contribution in [0.5, 0.6) is 11.5 Å². The number of fused-ring (bicyclic) bond motifs is 1. The number of hydrogen-bond donors (Lipinski definition) is 2. The first-order valence-corrected chi connectivity index (χ1v) is 7.14. The van der Waals surface area contributed by atoms with Gasteiger partial charge in [-0.2, -0.15) is 0 Å². The van der Waals surface area contributed by atoms with Gasteiger partial charge in [0, 0.05) is 18.7 Å². The number of carbonyl (C=O) groups excluding carboxylic acids is 2. The lowest BCUT2D eigenvalue weighted by atomic mass is 10.2. The van der Waals surface area contributed by atoms with Crippen molar-refractivity contribution in [1.29, 1.82) is 0 Å². The van der Waals surface area contributed by atoms with Crippen LogP contribution in [0.2, 0.25) is 0 Å². The summed E-state index contributed by atoms with van der Waals surface area (Å²) < 4.78 is 15.4. The minimum Gasteiger partial charge on any atom is -0.454 e. The Bertz CT molecular complexity index is 545. The highest BCUT2D eigenvalue weighted by Gasteiger charge is 2.15. The highest BCUT2D eigenvalue weighted by atomic mass is 16.7. The van der Waals surface area contributed by atoms with Gasteiger partial charge < -0.3 is 24.8 Å². The van der Waals surface area contributed by atoms with Crippen molar-refractivity contribution < 1.29 is 23.8 Å². The molecule has 0 saturated heterocycles. The molecular formula is C15H20N2O5. The molecule has 1 aliphatic rings. The minimum absolute atomic E-state index is 0.169. The largest absolute Gasteiger partial charge is 0.454 e. The Morgan fingerprint density at radius 3 is 2.68 bits per heavy atom. The van der Waals surface area contributed by atoms with Gasteiger partial charge in [-0.05, 0) is 24.1 Å².